The molecule has 0 heteroatoms. The van der Waals surface area contributed by atoms with E-state index in [-0.39, 0.29) is 0 Å². The van der Waals surface area contributed by atoms with Crippen LogP contribution in [-0.4, -0.2) is 0 Å². The van der Waals surface area contributed by atoms with E-state index in [1.165, 1.54) is 11.1 Å². The van der Waals surface area contributed by atoms with Gasteiger partial charge >= 0.3 is 0 Å². The normalized spacial score (nSPS) is 24.2. The van der Waals surface area contributed by atoms with Gasteiger partial charge in [-0.2, -0.15) is 0 Å². The first-order chi connectivity index (χ1) is 4.22. The van der Waals surface area contributed by atoms with E-state index in [1.807, 2.05) is 0 Å². The zero-order valence-corrected chi connectivity index (χ0v) is 6.02. The number of allylic oxidation sites excluding steroid dienone is 5. The minimum atomic E-state index is 0.519. The molecule has 1 unspecified atom stereocenters. The van der Waals surface area contributed by atoms with Crippen LogP contribution in [0.4, 0.5) is 0 Å². The smallest absolute Gasteiger partial charge is 0.0185 e. The van der Waals surface area contributed by atoms with Crippen molar-refractivity contribution < 1.29 is 0 Å². The molecular formula is C9H12. The Balaban J connectivity index is 2.74. The van der Waals surface area contributed by atoms with Crippen molar-refractivity contribution in [2.45, 2.75) is 13.8 Å². The molecule has 0 heterocycles. The molecule has 0 aromatic rings. The lowest BCUT2D eigenvalue weighted by atomic mass is 9.98. The maximum Gasteiger partial charge on any atom is 0.0185 e. The summed E-state index contributed by atoms with van der Waals surface area (Å²) >= 11 is 0. The second-order valence-corrected chi connectivity index (χ2v) is 2.62. The van der Waals surface area contributed by atoms with Crippen molar-refractivity contribution >= 4 is 0 Å². The fourth-order valence-electron chi connectivity index (χ4n) is 1.13. The predicted octanol–water partition coefficient (Wildman–Crippen LogP) is 2.69. The van der Waals surface area contributed by atoms with Crippen LogP contribution in [0.25, 0.3) is 0 Å². The van der Waals surface area contributed by atoms with E-state index in [1.54, 1.807) is 0 Å². The Hall–Kier alpha value is -0.780. The minimum Gasteiger partial charge on any atom is -0.0992 e. The van der Waals surface area contributed by atoms with Crippen molar-refractivity contribution in [1.29, 1.82) is 0 Å². The summed E-state index contributed by atoms with van der Waals surface area (Å²) in [5.74, 6) is 0.519. The monoisotopic (exact) mass is 120 g/mol. The van der Waals surface area contributed by atoms with Crippen LogP contribution in [-0.2, 0) is 0 Å². The summed E-state index contributed by atoms with van der Waals surface area (Å²) in [4.78, 5) is 0. The molecule has 1 aliphatic carbocycles. The van der Waals surface area contributed by atoms with Gasteiger partial charge in [0.2, 0.25) is 0 Å². The van der Waals surface area contributed by atoms with Crippen LogP contribution in [0.2, 0.25) is 0 Å². The van der Waals surface area contributed by atoms with Gasteiger partial charge in [-0.3, -0.25) is 0 Å². The fourth-order valence-corrected chi connectivity index (χ4v) is 1.13. The Bertz CT molecular complexity index is 182. The van der Waals surface area contributed by atoms with E-state index in [0.29, 0.717) is 5.92 Å². The highest BCUT2D eigenvalue weighted by Crippen LogP contribution is 2.24. The van der Waals surface area contributed by atoms with Gasteiger partial charge in [-0.1, -0.05) is 36.0 Å². The topological polar surface area (TPSA) is 0 Å². The van der Waals surface area contributed by atoms with Crippen LogP contribution >= 0.6 is 0 Å². The molecule has 1 rings (SSSR count). The van der Waals surface area contributed by atoms with Gasteiger partial charge in [-0.15, -0.1) is 0 Å². The minimum absolute atomic E-state index is 0.519. The third-order valence-electron chi connectivity index (χ3n) is 1.68. The van der Waals surface area contributed by atoms with Crippen molar-refractivity contribution in [2.75, 3.05) is 0 Å². The van der Waals surface area contributed by atoms with E-state index in [9.17, 15) is 0 Å². The fraction of sp³-hybridized carbons (Fsp3) is 0.333. The van der Waals surface area contributed by atoms with Crippen LogP contribution in [0.5, 0.6) is 0 Å². The van der Waals surface area contributed by atoms with Crippen LogP contribution in [0.15, 0.2) is 36.0 Å². The molecule has 0 bridgehead atoms. The summed E-state index contributed by atoms with van der Waals surface area (Å²) in [5.41, 5.74) is 2.64. The van der Waals surface area contributed by atoms with Gasteiger partial charge in [0.05, 0.1) is 0 Å². The maximum atomic E-state index is 3.90. The summed E-state index contributed by atoms with van der Waals surface area (Å²) in [5, 5.41) is 0. The molecule has 0 saturated heterocycles. The first-order valence-corrected chi connectivity index (χ1v) is 3.22. The van der Waals surface area contributed by atoms with Crippen molar-refractivity contribution in [3.8, 4) is 0 Å². The first kappa shape index (κ1) is 6.34. The van der Waals surface area contributed by atoms with Crippen molar-refractivity contribution in [1.82, 2.24) is 0 Å². The van der Waals surface area contributed by atoms with E-state index in [2.05, 4.69) is 38.7 Å². The van der Waals surface area contributed by atoms with Crippen LogP contribution in [0.3, 0.4) is 0 Å². The number of hydrogen-bond acceptors (Lipinski definition) is 0. The highest BCUT2D eigenvalue weighted by atomic mass is 14.1. The molecule has 0 radical (unpaired) electrons. The molecule has 0 amide bonds. The predicted molar refractivity (Wildman–Crippen MR) is 41.2 cm³/mol. The Morgan fingerprint density at radius 3 is 2.56 bits per heavy atom. The average molecular weight is 120 g/mol. The van der Waals surface area contributed by atoms with Gasteiger partial charge in [0.15, 0.2) is 0 Å². The zero-order chi connectivity index (χ0) is 6.85. The van der Waals surface area contributed by atoms with E-state index in [4.69, 9.17) is 0 Å². The largest absolute Gasteiger partial charge is 0.0992 e. The van der Waals surface area contributed by atoms with Crippen molar-refractivity contribution in [3.05, 3.63) is 36.0 Å². The zero-order valence-electron chi connectivity index (χ0n) is 6.02. The van der Waals surface area contributed by atoms with Gasteiger partial charge in [-0.05, 0) is 13.8 Å². The highest BCUT2D eigenvalue weighted by molar-refractivity contribution is 5.32. The molecule has 0 aromatic heterocycles. The summed E-state index contributed by atoms with van der Waals surface area (Å²) < 4.78 is 0. The summed E-state index contributed by atoms with van der Waals surface area (Å²) in [7, 11) is 0. The standard InChI is InChI=1S/C9H12/c1-7(2)9-6-4-5-8(9)3/h4-6,9H,1H2,2-3H3. The Labute approximate surface area is 56.6 Å². The highest BCUT2D eigenvalue weighted by Gasteiger charge is 2.09. The molecule has 48 valence electrons. The lowest BCUT2D eigenvalue weighted by molar-refractivity contribution is 0.916. The van der Waals surface area contributed by atoms with Gasteiger partial charge in [-0.25, -0.2) is 0 Å². The molecule has 0 fully saturated rings. The molecule has 0 spiro atoms. The van der Waals surface area contributed by atoms with Gasteiger partial charge < -0.3 is 0 Å². The van der Waals surface area contributed by atoms with Crippen LogP contribution < -0.4 is 0 Å². The summed E-state index contributed by atoms with van der Waals surface area (Å²) in [6, 6.07) is 0. The van der Waals surface area contributed by atoms with Gasteiger partial charge in [0.1, 0.15) is 0 Å². The number of rotatable bonds is 1. The Kier molecular flexibility index (Phi) is 1.56. The second-order valence-electron chi connectivity index (χ2n) is 2.62. The third-order valence-corrected chi connectivity index (χ3v) is 1.68. The molecule has 0 saturated carbocycles. The average Bonchev–Trinajstić information content (AvgIpc) is 2.13. The molecule has 0 aliphatic heterocycles. The molecular weight excluding hydrogens is 108 g/mol. The van der Waals surface area contributed by atoms with Crippen molar-refractivity contribution in [2.24, 2.45) is 5.92 Å². The van der Waals surface area contributed by atoms with Crippen LogP contribution in [0, 0.1) is 5.92 Å². The molecule has 9 heavy (non-hydrogen) atoms. The van der Waals surface area contributed by atoms with Gasteiger partial charge in [0.25, 0.3) is 0 Å². The number of hydrogen-bond donors (Lipinski definition) is 0. The molecule has 1 atom stereocenters. The quantitative estimate of drug-likeness (QED) is 0.467. The third kappa shape index (κ3) is 1.13. The Morgan fingerprint density at radius 1 is 1.67 bits per heavy atom. The summed E-state index contributed by atoms with van der Waals surface area (Å²) in [6.07, 6.45) is 6.41. The van der Waals surface area contributed by atoms with E-state index >= 15 is 0 Å². The molecule has 0 nitrogen and oxygen atoms in total. The molecule has 1 aliphatic rings. The second kappa shape index (κ2) is 2.22. The SMILES string of the molecule is C=C(C)C1C=CC=C1C. The maximum absolute atomic E-state index is 3.90. The van der Waals surface area contributed by atoms with Crippen molar-refractivity contribution in [3.63, 3.8) is 0 Å². The lowest BCUT2D eigenvalue weighted by Gasteiger charge is -2.07. The van der Waals surface area contributed by atoms with E-state index in [0.717, 1.165) is 0 Å². The molecule has 0 N–H and O–H groups in total. The van der Waals surface area contributed by atoms with Crippen LogP contribution in [0.1, 0.15) is 13.8 Å². The molecule has 0 aromatic carbocycles. The first-order valence-electron chi connectivity index (χ1n) is 3.22. The van der Waals surface area contributed by atoms with E-state index < -0.39 is 0 Å². The van der Waals surface area contributed by atoms with Gasteiger partial charge in [0, 0.05) is 5.92 Å². The Morgan fingerprint density at radius 2 is 2.33 bits per heavy atom. The summed E-state index contributed by atoms with van der Waals surface area (Å²) in [6.45, 7) is 8.10. The lowest BCUT2D eigenvalue weighted by Crippen LogP contribution is -1.94.